The summed E-state index contributed by atoms with van der Waals surface area (Å²) in [7, 11) is 0. The minimum Gasteiger partial charge on any atom is -0.307 e. The van der Waals surface area contributed by atoms with Crippen molar-refractivity contribution in [3.05, 3.63) is 47.0 Å². The fourth-order valence-corrected chi connectivity index (χ4v) is 1.65. The van der Waals surface area contributed by atoms with Gasteiger partial charge in [0.05, 0.1) is 11.3 Å². The smallest absolute Gasteiger partial charge is 0.158 e. The van der Waals surface area contributed by atoms with Crippen molar-refractivity contribution in [2.24, 2.45) is 5.84 Å². The first kappa shape index (κ1) is 12.9. The molecule has 0 aliphatic carbocycles. The number of hydrazine groups is 1. The fraction of sp³-hybridized carbons (Fsp3) is 0.0769. The van der Waals surface area contributed by atoms with Gasteiger partial charge in [-0.05, 0) is 36.8 Å². The van der Waals surface area contributed by atoms with Crippen LogP contribution in [0.4, 0.5) is 14.6 Å². The van der Waals surface area contributed by atoms with Gasteiger partial charge in [-0.2, -0.15) is 5.26 Å². The number of rotatable bonds is 2. The van der Waals surface area contributed by atoms with Crippen LogP contribution in [0.1, 0.15) is 11.1 Å². The summed E-state index contributed by atoms with van der Waals surface area (Å²) >= 11 is 0. The van der Waals surface area contributed by atoms with Gasteiger partial charge in [-0.15, -0.1) is 0 Å². The zero-order chi connectivity index (χ0) is 14.0. The van der Waals surface area contributed by atoms with Crippen LogP contribution in [-0.2, 0) is 0 Å². The molecule has 0 bridgehead atoms. The Bertz CT molecular complexity index is 677. The van der Waals surface area contributed by atoms with Gasteiger partial charge < -0.3 is 5.43 Å². The first-order chi connectivity index (χ1) is 9.06. The van der Waals surface area contributed by atoms with E-state index >= 15 is 0 Å². The third kappa shape index (κ3) is 2.37. The zero-order valence-corrected chi connectivity index (χ0v) is 10.0. The molecular formula is C13H10F2N4. The average molecular weight is 260 g/mol. The van der Waals surface area contributed by atoms with Gasteiger partial charge in [0.15, 0.2) is 5.82 Å². The molecule has 6 heteroatoms. The summed E-state index contributed by atoms with van der Waals surface area (Å²) in [5, 5.41) is 8.83. The molecule has 1 aromatic carbocycles. The first-order valence-corrected chi connectivity index (χ1v) is 5.40. The molecule has 2 aromatic rings. The lowest BCUT2D eigenvalue weighted by molar-refractivity contribution is 0.595. The molecule has 19 heavy (non-hydrogen) atoms. The van der Waals surface area contributed by atoms with Crippen LogP contribution in [0.2, 0.25) is 0 Å². The second-order valence-electron chi connectivity index (χ2n) is 3.93. The van der Waals surface area contributed by atoms with Gasteiger partial charge in [0.25, 0.3) is 0 Å². The Hall–Kier alpha value is -2.52. The van der Waals surface area contributed by atoms with E-state index < -0.39 is 11.6 Å². The molecule has 0 fully saturated rings. The Kier molecular flexibility index (Phi) is 3.40. The van der Waals surface area contributed by atoms with E-state index in [1.807, 2.05) is 6.07 Å². The Morgan fingerprint density at radius 1 is 1.26 bits per heavy atom. The number of hydrogen-bond donors (Lipinski definition) is 2. The number of nitrogens with one attached hydrogen (secondary N) is 1. The fourth-order valence-electron chi connectivity index (χ4n) is 1.65. The third-order valence-electron chi connectivity index (χ3n) is 2.68. The number of nitrogens with two attached hydrogens (primary N) is 1. The molecule has 96 valence electrons. The van der Waals surface area contributed by atoms with Crippen molar-refractivity contribution in [3.8, 4) is 17.3 Å². The first-order valence-electron chi connectivity index (χ1n) is 5.40. The maximum Gasteiger partial charge on any atom is 0.158 e. The molecule has 0 saturated carbocycles. The molecule has 1 heterocycles. The van der Waals surface area contributed by atoms with Crippen molar-refractivity contribution < 1.29 is 8.78 Å². The molecule has 4 nitrogen and oxygen atoms in total. The number of benzene rings is 1. The number of hydrogen-bond acceptors (Lipinski definition) is 4. The van der Waals surface area contributed by atoms with Gasteiger partial charge in [0.2, 0.25) is 0 Å². The summed E-state index contributed by atoms with van der Waals surface area (Å²) in [6.07, 6.45) is 0. The second-order valence-corrected chi connectivity index (χ2v) is 3.93. The molecule has 0 amide bonds. The highest BCUT2D eigenvalue weighted by Crippen LogP contribution is 2.26. The largest absolute Gasteiger partial charge is 0.307 e. The minimum absolute atomic E-state index is 0.0177. The summed E-state index contributed by atoms with van der Waals surface area (Å²) < 4.78 is 27.3. The van der Waals surface area contributed by atoms with Gasteiger partial charge in [0.1, 0.15) is 17.7 Å². The lowest BCUT2D eigenvalue weighted by Crippen LogP contribution is -2.10. The SMILES string of the molecule is Cc1cc(F)c(-c2ccc(C#N)c(NN)n2)cc1F. The molecule has 1 aromatic heterocycles. The van der Waals surface area contributed by atoms with Crippen molar-refractivity contribution in [1.82, 2.24) is 4.98 Å². The minimum atomic E-state index is -0.584. The predicted octanol–water partition coefficient (Wildman–Crippen LogP) is 2.49. The van der Waals surface area contributed by atoms with E-state index in [0.29, 0.717) is 0 Å². The van der Waals surface area contributed by atoms with Gasteiger partial charge >= 0.3 is 0 Å². The van der Waals surface area contributed by atoms with Gasteiger partial charge in [-0.25, -0.2) is 19.6 Å². The standard InChI is InChI=1S/C13H10F2N4/c1-7-4-11(15)9(5-10(7)14)12-3-2-8(6-16)13(18-12)19-17/h2-5H,17H2,1H3,(H,18,19). The van der Waals surface area contributed by atoms with Crippen molar-refractivity contribution in [2.45, 2.75) is 6.92 Å². The number of nitrogen functional groups attached to an aromatic ring is 1. The van der Waals surface area contributed by atoms with Crippen LogP contribution in [0.3, 0.4) is 0 Å². The predicted molar refractivity (Wildman–Crippen MR) is 66.9 cm³/mol. The number of halogens is 2. The van der Waals surface area contributed by atoms with Crippen LogP contribution in [-0.4, -0.2) is 4.98 Å². The van der Waals surface area contributed by atoms with E-state index in [1.165, 1.54) is 19.1 Å². The summed E-state index contributed by atoms with van der Waals surface area (Å²) in [5.41, 5.74) is 2.90. The average Bonchev–Trinajstić information content (AvgIpc) is 2.42. The number of nitrogens with zero attached hydrogens (tertiary/aromatic N) is 2. The van der Waals surface area contributed by atoms with Gasteiger partial charge in [-0.3, -0.25) is 0 Å². The van der Waals surface area contributed by atoms with Crippen molar-refractivity contribution >= 4 is 5.82 Å². The van der Waals surface area contributed by atoms with E-state index in [4.69, 9.17) is 11.1 Å². The van der Waals surface area contributed by atoms with Crippen LogP contribution < -0.4 is 11.3 Å². The van der Waals surface area contributed by atoms with Crippen LogP contribution in [0.15, 0.2) is 24.3 Å². The number of aromatic nitrogens is 1. The lowest BCUT2D eigenvalue weighted by atomic mass is 10.1. The molecule has 0 radical (unpaired) electrons. The lowest BCUT2D eigenvalue weighted by Gasteiger charge is -2.08. The highest BCUT2D eigenvalue weighted by atomic mass is 19.1. The molecule has 0 aliphatic heterocycles. The summed E-state index contributed by atoms with van der Waals surface area (Å²) in [4.78, 5) is 4.00. The van der Waals surface area contributed by atoms with Crippen molar-refractivity contribution in [3.63, 3.8) is 0 Å². The Morgan fingerprint density at radius 3 is 2.63 bits per heavy atom. The number of aryl methyl sites for hydroxylation is 1. The Morgan fingerprint density at radius 2 is 2.00 bits per heavy atom. The molecular weight excluding hydrogens is 250 g/mol. The maximum atomic E-state index is 13.8. The maximum absolute atomic E-state index is 13.8. The molecule has 3 N–H and O–H groups in total. The van der Waals surface area contributed by atoms with Crippen LogP contribution in [0.5, 0.6) is 0 Å². The number of pyridine rings is 1. The normalized spacial score (nSPS) is 10.1. The summed E-state index contributed by atoms with van der Waals surface area (Å²) in [5.74, 6) is 4.24. The molecule has 0 unspecified atom stereocenters. The summed E-state index contributed by atoms with van der Waals surface area (Å²) in [6, 6.07) is 6.93. The number of nitriles is 1. The van der Waals surface area contributed by atoms with Crippen molar-refractivity contribution in [1.29, 1.82) is 5.26 Å². The molecule has 2 rings (SSSR count). The highest BCUT2D eigenvalue weighted by molar-refractivity contribution is 5.65. The monoisotopic (exact) mass is 260 g/mol. The second kappa shape index (κ2) is 5.00. The van der Waals surface area contributed by atoms with Crippen LogP contribution in [0.25, 0.3) is 11.3 Å². The number of anilines is 1. The van der Waals surface area contributed by atoms with Gasteiger partial charge in [-0.1, -0.05) is 0 Å². The highest BCUT2D eigenvalue weighted by Gasteiger charge is 2.12. The topological polar surface area (TPSA) is 74.7 Å². The molecule has 0 saturated heterocycles. The van der Waals surface area contributed by atoms with Gasteiger partial charge in [0, 0.05) is 5.56 Å². The quantitative estimate of drug-likeness (QED) is 0.642. The molecule has 0 aliphatic rings. The molecule has 0 spiro atoms. The van der Waals surface area contributed by atoms with Crippen molar-refractivity contribution in [2.75, 3.05) is 5.43 Å². The van der Waals surface area contributed by atoms with E-state index in [2.05, 4.69) is 10.4 Å². The van der Waals surface area contributed by atoms with E-state index in [9.17, 15) is 8.78 Å². The Labute approximate surface area is 108 Å². The third-order valence-corrected chi connectivity index (χ3v) is 2.68. The van der Waals surface area contributed by atoms with E-state index in [1.54, 1.807) is 0 Å². The van der Waals surface area contributed by atoms with Crippen LogP contribution >= 0.6 is 0 Å². The Balaban J connectivity index is 2.60. The molecule has 0 atom stereocenters. The van der Waals surface area contributed by atoms with E-state index in [-0.39, 0.29) is 28.2 Å². The zero-order valence-electron chi connectivity index (χ0n) is 10.0. The summed E-state index contributed by atoms with van der Waals surface area (Å²) in [6.45, 7) is 1.47. The van der Waals surface area contributed by atoms with E-state index in [0.717, 1.165) is 12.1 Å². The van der Waals surface area contributed by atoms with Crippen LogP contribution in [0, 0.1) is 29.9 Å².